The fourth-order valence-electron chi connectivity index (χ4n) is 3.02. The average Bonchev–Trinajstić information content (AvgIpc) is 3.12. The summed E-state index contributed by atoms with van der Waals surface area (Å²) >= 11 is 6.03. The Kier molecular flexibility index (Phi) is 5.39. The van der Waals surface area contributed by atoms with Gasteiger partial charge in [-0.3, -0.25) is 9.78 Å². The van der Waals surface area contributed by atoms with E-state index in [1.807, 2.05) is 0 Å². The quantitative estimate of drug-likeness (QED) is 0.482. The molecule has 2 N–H and O–H groups in total. The van der Waals surface area contributed by atoms with E-state index in [1.54, 1.807) is 13.0 Å². The van der Waals surface area contributed by atoms with Crippen LogP contribution in [0.1, 0.15) is 15.9 Å². The van der Waals surface area contributed by atoms with Crippen molar-refractivity contribution in [2.75, 3.05) is 5.32 Å². The van der Waals surface area contributed by atoms with Gasteiger partial charge in [0.2, 0.25) is 0 Å². The molecule has 31 heavy (non-hydrogen) atoms. The van der Waals surface area contributed by atoms with Crippen molar-refractivity contribution in [1.82, 2.24) is 14.8 Å². The highest BCUT2D eigenvalue weighted by atomic mass is 35.5. The van der Waals surface area contributed by atoms with Crippen LogP contribution >= 0.6 is 11.6 Å². The van der Waals surface area contributed by atoms with Gasteiger partial charge in [0.25, 0.3) is 5.91 Å². The Balaban J connectivity index is 1.60. The summed E-state index contributed by atoms with van der Waals surface area (Å²) in [5.74, 6) is -1.70. The highest BCUT2D eigenvalue weighted by molar-refractivity contribution is 6.33. The van der Waals surface area contributed by atoms with Crippen LogP contribution in [0, 0.1) is 18.6 Å². The lowest BCUT2D eigenvalue weighted by molar-refractivity contribution is 0.102. The van der Waals surface area contributed by atoms with E-state index in [0.717, 1.165) is 10.2 Å². The molecule has 156 valence electrons. The molecule has 0 aliphatic heterocycles. The second-order valence-corrected chi connectivity index (χ2v) is 7.18. The van der Waals surface area contributed by atoms with Gasteiger partial charge in [-0.2, -0.15) is 4.68 Å². The first kappa shape index (κ1) is 20.5. The summed E-state index contributed by atoms with van der Waals surface area (Å²) in [5.41, 5.74) is 0.855. The first-order valence-electron chi connectivity index (χ1n) is 9.15. The Morgan fingerprint density at radius 1 is 1.06 bits per heavy atom. The van der Waals surface area contributed by atoms with Crippen molar-refractivity contribution in [2.24, 2.45) is 0 Å². The molecule has 1 amide bonds. The maximum absolute atomic E-state index is 14.1. The van der Waals surface area contributed by atoms with E-state index in [-0.39, 0.29) is 27.7 Å². The summed E-state index contributed by atoms with van der Waals surface area (Å²) in [6.07, 6.45) is 0. The molecule has 1 aromatic heterocycles. The molecule has 0 aliphatic carbocycles. The molecule has 0 bridgehead atoms. The molecule has 4 aromatic rings. The van der Waals surface area contributed by atoms with Crippen molar-refractivity contribution in [1.29, 1.82) is 0 Å². The second-order valence-electron chi connectivity index (χ2n) is 6.77. The molecule has 0 atom stereocenters. The van der Waals surface area contributed by atoms with Gasteiger partial charge in [-0.05, 0) is 61.0 Å². The average molecular weight is 441 g/mol. The van der Waals surface area contributed by atoms with Crippen LogP contribution in [-0.4, -0.2) is 20.7 Å². The molecule has 0 unspecified atom stereocenters. The molecule has 0 saturated heterocycles. The molecular formula is C22H15ClF2N4O2. The lowest BCUT2D eigenvalue weighted by Gasteiger charge is -2.08. The predicted molar refractivity (Wildman–Crippen MR) is 114 cm³/mol. The van der Waals surface area contributed by atoms with E-state index < -0.39 is 23.2 Å². The molecule has 0 spiro atoms. The standard InChI is InChI=1S/C22H15ClF2N4O2/c1-12-5-10-16(24)18(11-12)26-21(30)13-6-8-14(9-7-13)29-22(31)27-20(28-29)19-15(23)3-2-4-17(19)25/h2-11H,1H3,(H,26,30)(H,27,28,31). The van der Waals surface area contributed by atoms with Gasteiger partial charge in [0.15, 0.2) is 5.82 Å². The number of anilines is 1. The Bertz CT molecular complexity index is 1330. The molecule has 9 heteroatoms. The summed E-state index contributed by atoms with van der Waals surface area (Å²) in [4.78, 5) is 27.2. The SMILES string of the molecule is Cc1ccc(F)c(NC(=O)c2ccc(-n3nc(-c4c(F)cccc4Cl)[nH]c3=O)cc2)c1. The zero-order chi connectivity index (χ0) is 22.1. The summed E-state index contributed by atoms with van der Waals surface area (Å²) in [6, 6.07) is 14.5. The Morgan fingerprint density at radius 3 is 2.52 bits per heavy atom. The maximum atomic E-state index is 14.1. The lowest BCUT2D eigenvalue weighted by Crippen LogP contribution is -2.17. The van der Waals surface area contributed by atoms with Gasteiger partial charge < -0.3 is 5.32 Å². The van der Waals surface area contributed by atoms with Gasteiger partial charge in [-0.15, -0.1) is 5.10 Å². The Hall–Kier alpha value is -3.78. The van der Waals surface area contributed by atoms with Crippen LogP contribution in [0.4, 0.5) is 14.5 Å². The van der Waals surface area contributed by atoms with Crippen molar-refractivity contribution in [3.05, 3.63) is 98.9 Å². The van der Waals surface area contributed by atoms with Crippen molar-refractivity contribution in [3.8, 4) is 17.1 Å². The molecule has 0 radical (unpaired) electrons. The number of hydrogen-bond acceptors (Lipinski definition) is 3. The molecule has 0 aliphatic rings. The summed E-state index contributed by atoms with van der Waals surface area (Å²) in [7, 11) is 0. The fourth-order valence-corrected chi connectivity index (χ4v) is 3.27. The molecule has 6 nitrogen and oxygen atoms in total. The van der Waals surface area contributed by atoms with Crippen molar-refractivity contribution < 1.29 is 13.6 Å². The zero-order valence-electron chi connectivity index (χ0n) is 16.1. The number of hydrogen-bond donors (Lipinski definition) is 2. The predicted octanol–water partition coefficient (Wildman–Crippen LogP) is 4.72. The topological polar surface area (TPSA) is 79.8 Å². The van der Waals surface area contributed by atoms with Crippen LogP contribution in [0.15, 0.2) is 65.5 Å². The third kappa shape index (κ3) is 4.10. The number of aromatic nitrogens is 3. The minimum atomic E-state index is -0.621. The zero-order valence-corrected chi connectivity index (χ0v) is 16.9. The van der Waals surface area contributed by atoms with Crippen LogP contribution < -0.4 is 11.0 Å². The first-order valence-corrected chi connectivity index (χ1v) is 9.53. The van der Waals surface area contributed by atoms with Crippen LogP contribution in [0.2, 0.25) is 5.02 Å². The molecular weight excluding hydrogens is 426 g/mol. The number of carbonyl (C=O) groups excluding carboxylic acids is 1. The number of benzene rings is 3. The number of halogens is 3. The van der Waals surface area contributed by atoms with E-state index in [0.29, 0.717) is 5.69 Å². The fraction of sp³-hybridized carbons (Fsp3) is 0.0455. The summed E-state index contributed by atoms with van der Waals surface area (Å²) in [6.45, 7) is 1.79. The largest absolute Gasteiger partial charge is 0.348 e. The maximum Gasteiger partial charge on any atom is 0.348 e. The summed E-state index contributed by atoms with van der Waals surface area (Å²) in [5, 5.41) is 6.73. The van der Waals surface area contributed by atoms with E-state index in [4.69, 9.17) is 11.6 Å². The minimum Gasteiger partial charge on any atom is -0.319 e. The number of rotatable bonds is 4. The number of nitrogens with one attached hydrogen (secondary N) is 2. The number of nitrogens with zero attached hydrogens (tertiary/aromatic N) is 2. The Morgan fingerprint density at radius 2 is 1.81 bits per heavy atom. The van der Waals surface area contributed by atoms with Gasteiger partial charge in [0, 0.05) is 5.56 Å². The number of carbonyl (C=O) groups is 1. The van der Waals surface area contributed by atoms with Crippen LogP contribution in [0.25, 0.3) is 17.1 Å². The normalized spacial score (nSPS) is 10.8. The van der Waals surface area contributed by atoms with E-state index in [1.165, 1.54) is 54.6 Å². The van der Waals surface area contributed by atoms with Crippen molar-refractivity contribution in [2.45, 2.75) is 6.92 Å². The van der Waals surface area contributed by atoms with E-state index >= 15 is 0 Å². The van der Waals surface area contributed by atoms with E-state index in [9.17, 15) is 18.4 Å². The van der Waals surface area contributed by atoms with Gasteiger partial charge >= 0.3 is 5.69 Å². The lowest BCUT2D eigenvalue weighted by atomic mass is 10.1. The highest BCUT2D eigenvalue weighted by Gasteiger charge is 2.16. The molecule has 4 rings (SSSR count). The van der Waals surface area contributed by atoms with Gasteiger partial charge in [0.1, 0.15) is 11.6 Å². The highest BCUT2D eigenvalue weighted by Crippen LogP contribution is 2.27. The smallest absolute Gasteiger partial charge is 0.319 e. The number of aryl methyl sites for hydroxylation is 1. The first-order chi connectivity index (χ1) is 14.8. The molecule has 3 aromatic carbocycles. The van der Waals surface area contributed by atoms with Gasteiger partial charge in [-0.25, -0.2) is 13.6 Å². The van der Waals surface area contributed by atoms with Crippen LogP contribution in [0.3, 0.4) is 0 Å². The van der Waals surface area contributed by atoms with Crippen molar-refractivity contribution >= 4 is 23.2 Å². The number of H-pyrrole nitrogens is 1. The number of aromatic amines is 1. The van der Waals surface area contributed by atoms with E-state index in [2.05, 4.69) is 15.4 Å². The van der Waals surface area contributed by atoms with Gasteiger partial charge in [-0.1, -0.05) is 23.7 Å². The summed E-state index contributed by atoms with van der Waals surface area (Å²) < 4.78 is 29.0. The van der Waals surface area contributed by atoms with Crippen LogP contribution in [-0.2, 0) is 0 Å². The Labute approximate surface area is 180 Å². The minimum absolute atomic E-state index is 0.0174. The van der Waals surface area contributed by atoms with Crippen LogP contribution in [0.5, 0.6) is 0 Å². The molecule has 1 heterocycles. The molecule has 0 fully saturated rings. The van der Waals surface area contributed by atoms with Crippen molar-refractivity contribution in [3.63, 3.8) is 0 Å². The third-order valence-corrected chi connectivity index (χ3v) is 4.88. The molecule has 0 saturated carbocycles. The second kappa shape index (κ2) is 8.16. The van der Waals surface area contributed by atoms with Gasteiger partial charge in [0.05, 0.1) is 22.0 Å². The monoisotopic (exact) mass is 440 g/mol. The third-order valence-electron chi connectivity index (χ3n) is 4.56. The number of amides is 1.